The van der Waals surface area contributed by atoms with Crippen LogP contribution in [0.4, 0.5) is 4.39 Å². The van der Waals surface area contributed by atoms with E-state index in [1.54, 1.807) is 0 Å². The lowest BCUT2D eigenvalue weighted by atomic mass is 9.94. The number of benzene rings is 1. The molecule has 1 aromatic carbocycles. The molecule has 1 rings (SSSR count). The number of halogens is 1. The maximum absolute atomic E-state index is 12.8. The van der Waals surface area contributed by atoms with Gasteiger partial charge in [-0.2, -0.15) is 0 Å². The van der Waals surface area contributed by atoms with Crippen LogP contribution in [0.3, 0.4) is 0 Å². The number of nitrogens with two attached hydrogens (primary N) is 1. The zero-order valence-electron chi connectivity index (χ0n) is 14.0. The van der Waals surface area contributed by atoms with Gasteiger partial charge in [0.15, 0.2) is 0 Å². The highest BCUT2D eigenvalue weighted by Crippen LogP contribution is 2.15. The van der Waals surface area contributed by atoms with Gasteiger partial charge in [0.25, 0.3) is 0 Å². The minimum absolute atomic E-state index is 0.306. The SMILES string of the molecule is CCCCCCCCc1ccc(CCC(N)(CO)CF)cc1. The van der Waals surface area contributed by atoms with Crippen LogP contribution in [-0.2, 0) is 12.8 Å². The van der Waals surface area contributed by atoms with Crippen molar-refractivity contribution in [2.24, 2.45) is 5.73 Å². The van der Waals surface area contributed by atoms with Gasteiger partial charge in [0, 0.05) is 0 Å². The predicted molar refractivity (Wildman–Crippen MR) is 91.8 cm³/mol. The third-order valence-electron chi connectivity index (χ3n) is 4.33. The summed E-state index contributed by atoms with van der Waals surface area (Å²) in [5.41, 5.74) is 7.20. The first kappa shape index (κ1) is 19.1. The molecule has 126 valence electrons. The van der Waals surface area contributed by atoms with E-state index in [9.17, 15) is 4.39 Å². The molecule has 0 aromatic heterocycles. The van der Waals surface area contributed by atoms with Crippen molar-refractivity contribution in [3.63, 3.8) is 0 Å². The Morgan fingerprint density at radius 3 is 2.05 bits per heavy atom. The minimum atomic E-state index is -1.09. The third kappa shape index (κ3) is 7.37. The van der Waals surface area contributed by atoms with Crippen LogP contribution in [0.1, 0.15) is 63.0 Å². The van der Waals surface area contributed by atoms with Gasteiger partial charge in [-0.25, -0.2) is 4.39 Å². The summed E-state index contributed by atoms with van der Waals surface area (Å²) < 4.78 is 12.8. The van der Waals surface area contributed by atoms with Gasteiger partial charge in [-0.3, -0.25) is 0 Å². The summed E-state index contributed by atoms with van der Waals surface area (Å²) in [6, 6.07) is 8.52. The third-order valence-corrected chi connectivity index (χ3v) is 4.33. The van der Waals surface area contributed by atoms with Crippen LogP contribution < -0.4 is 5.73 Å². The summed E-state index contributed by atoms with van der Waals surface area (Å²) in [6.45, 7) is 1.25. The monoisotopic (exact) mass is 309 g/mol. The zero-order valence-corrected chi connectivity index (χ0v) is 14.0. The minimum Gasteiger partial charge on any atom is -0.394 e. The van der Waals surface area contributed by atoms with E-state index in [4.69, 9.17) is 10.8 Å². The Kier molecular flexibility index (Phi) is 9.33. The van der Waals surface area contributed by atoms with E-state index in [-0.39, 0.29) is 6.61 Å². The summed E-state index contributed by atoms with van der Waals surface area (Å²) in [5, 5.41) is 9.12. The topological polar surface area (TPSA) is 46.2 Å². The van der Waals surface area contributed by atoms with Gasteiger partial charge in [-0.1, -0.05) is 63.3 Å². The molecular weight excluding hydrogens is 277 g/mol. The molecule has 1 atom stereocenters. The van der Waals surface area contributed by atoms with E-state index in [0.717, 1.165) is 12.0 Å². The molecular formula is C19H32FNO. The van der Waals surface area contributed by atoms with E-state index in [2.05, 4.69) is 31.2 Å². The molecule has 0 fully saturated rings. The Hall–Kier alpha value is -0.930. The van der Waals surface area contributed by atoms with Crippen molar-refractivity contribution in [2.45, 2.75) is 70.3 Å². The summed E-state index contributed by atoms with van der Waals surface area (Å²) in [5.74, 6) is 0. The zero-order chi connectivity index (χ0) is 16.3. The van der Waals surface area contributed by atoms with Gasteiger partial charge < -0.3 is 10.8 Å². The summed E-state index contributed by atoms with van der Waals surface area (Å²) in [4.78, 5) is 0. The van der Waals surface area contributed by atoms with Crippen LogP contribution in [0.2, 0.25) is 0 Å². The Morgan fingerprint density at radius 1 is 0.955 bits per heavy atom. The predicted octanol–water partition coefficient (Wildman–Crippen LogP) is 4.18. The lowest BCUT2D eigenvalue weighted by molar-refractivity contribution is 0.157. The second-order valence-corrected chi connectivity index (χ2v) is 6.49. The standard InChI is InChI=1S/C19H32FNO/c1-2-3-4-5-6-7-8-17-9-11-18(12-10-17)13-14-19(21,15-20)16-22/h9-12,22H,2-8,13-16,21H2,1H3. The molecule has 22 heavy (non-hydrogen) atoms. The van der Waals surface area contributed by atoms with Gasteiger partial charge in [0.05, 0.1) is 12.1 Å². The number of aryl methyl sites for hydroxylation is 2. The molecule has 0 spiro atoms. The second kappa shape index (κ2) is 10.7. The average Bonchev–Trinajstić information content (AvgIpc) is 2.57. The Bertz CT molecular complexity index is 387. The van der Waals surface area contributed by atoms with Gasteiger partial charge in [-0.15, -0.1) is 0 Å². The number of aliphatic hydroxyl groups excluding tert-OH is 1. The second-order valence-electron chi connectivity index (χ2n) is 6.49. The first-order valence-corrected chi connectivity index (χ1v) is 8.67. The largest absolute Gasteiger partial charge is 0.394 e. The highest BCUT2D eigenvalue weighted by Gasteiger charge is 2.23. The summed E-state index contributed by atoms with van der Waals surface area (Å²) in [7, 11) is 0. The van der Waals surface area contributed by atoms with Gasteiger partial charge >= 0.3 is 0 Å². The Morgan fingerprint density at radius 2 is 1.50 bits per heavy atom. The number of unbranched alkanes of at least 4 members (excludes halogenated alkanes) is 5. The summed E-state index contributed by atoms with van der Waals surface area (Å²) in [6.07, 6.45) is 10.2. The van der Waals surface area contributed by atoms with E-state index in [1.165, 1.54) is 44.1 Å². The van der Waals surface area contributed by atoms with Crippen molar-refractivity contribution in [1.29, 1.82) is 0 Å². The fraction of sp³-hybridized carbons (Fsp3) is 0.684. The van der Waals surface area contributed by atoms with Crippen molar-refractivity contribution < 1.29 is 9.50 Å². The van der Waals surface area contributed by atoms with Gasteiger partial charge in [0.2, 0.25) is 0 Å². The van der Waals surface area contributed by atoms with Crippen LogP contribution in [-0.4, -0.2) is 23.9 Å². The highest BCUT2D eigenvalue weighted by molar-refractivity contribution is 5.23. The normalized spacial score (nSPS) is 14.0. The number of hydrogen-bond acceptors (Lipinski definition) is 2. The first-order chi connectivity index (χ1) is 10.6. The maximum Gasteiger partial charge on any atom is 0.110 e. The average molecular weight is 309 g/mol. The van der Waals surface area contributed by atoms with E-state index >= 15 is 0 Å². The lowest BCUT2D eigenvalue weighted by Crippen LogP contribution is -2.46. The Balaban J connectivity index is 2.28. The molecule has 0 bridgehead atoms. The molecule has 0 aliphatic carbocycles. The van der Waals surface area contributed by atoms with Crippen molar-refractivity contribution in [3.05, 3.63) is 35.4 Å². The molecule has 1 unspecified atom stereocenters. The Labute approximate surface area is 134 Å². The molecule has 0 radical (unpaired) electrons. The lowest BCUT2D eigenvalue weighted by Gasteiger charge is -2.23. The molecule has 0 aliphatic rings. The van der Waals surface area contributed by atoms with Crippen molar-refractivity contribution in [3.8, 4) is 0 Å². The quantitative estimate of drug-likeness (QED) is 0.569. The van der Waals surface area contributed by atoms with Crippen LogP contribution in [0.5, 0.6) is 0 Å². The number of rotatable bonds is 12. The molecule has 0 saturated heterocycles. The van der Waals surface area contributed by atoms with Crippen LogP contribution in [0, 0.1) is 0 Å². The number of aliphatic hydroxyl groups is 1. The molecule has 0 heterocycles. The van der Waals surface area contributed by atoms with Gasteiger partial charge in [0.1, 0.15) is 6.67 Å². The number of hydrogen-bond donors (Lipinski definition) is 2. The molecule has 1 aromatic rings. The van der Waals surface area contributed by atoms with Crippen LogP contribution in [0.15, 0.2) is 24.3 Å². The summed E-state index contributed by atoms with van der Waals surface area (Å²) >= 11 is 0. The highest BCUT2D eigenvalue weighted by atomic mass is 19.1. The van der Waals surface area contributed by atoms with Crippen LogP contribution in [0.25, 0.3) is 0 Å². The smallest absolute Gasteiger partial charge is 0.110 e. The number of alkyl halides is 1. The van der Waals surface area contributed by atoms with Crippen molar-refractivity contribution in [1.82, 2.24) is 0 Å². The van der Waals surface area contributed by atoms with E-state index in [0.29, 0.717) is 12.8 Å². The van der Waals surface area contributed by atoms with Crippen molar-refractivity contribution >= 4 is 0 Å². The molecule has 2 nitrogen and oxygen atoms in total. The first-order valence-electron chi connectivity index (χ1n) is 8.67. The van der Waals surface area contributed by atoms with Crippen molar-refractivity contribution in [2.75, 3.05) is 13.3 Å². The van der Waals surface area contributed by atoms with E-state index < -0.39 is 12.2 Å². The fourth-order valence-corrected chi connectivity index (χ4v) is 2.56. The molecule has 0 aliphatic heterocycles. The molecule has 3 N–H and O–H groups in total. The molecule has 3 heteroatoms. The molecule has 0 amide bonds. The molecule has 0 saturated carbocycles. The van der Waals surface area contributed by atoms with Gasteiger partial charge in [-0.05, 0) is 36.8 Å². The van der Waals surface area contributed by atoms with Crippen LogP contribution >= 0.6 is 0 Å². The maximum atomic E-state index is 12.8. The fourth-order valence-electron chi connectivity index (χ4n) is 2.56. The van der Waals surface area contributed by atoms with E-state index in [1.807, 2.05) is 0 Å².